The maximum Gasteiger partial charge on any atom is 0.133 e. The Bertz CT molecular complexity index is 726. The molecule has 0 saturated heterocycles. The quantitative estimate of drug-likeness (QED) is 0.616. The van der Waals surface area contributed by atoms with Crippen LogP contribution in [-0.4, -0.2) is 23.2 Å². The molecule has 112 valence electrons. The third-order valence-corrected chi connectivity index (χ3v) is 3.80. The van der Waals surface area contributed by atoms with Gasteiger partial charge in [0.05, 0.1) is 16.4 Å². The molecule has 0 spiro atoms. The predicted molar refractivity (Wildman–Crippen MR) is 90.9 cm³/mol. The van der Waals surface area contributed by atoms with Crippen molar-refractivity contribution in [1.82, 2.24) is 4.98 Å². The van der Waals surface area contributed by atoms with E-state index in [9.17, 15) is 0 Å². The Kier molecular flexibility index (Phi) is 3.81. The number of halogens is 1. The van der Waals surface area contributed by atoms with Gasteiger partial charge in [-0.2, -0.15) is 0 Å². The largest absolute Gasteiger partial charge is 0.324 e. The van der Waals surface area contributed by atoms with E-state index in [1.807, 2.05) is 36.4 Å². The van der Waals surface area contributed by atoms with E-state index in [1.54, 1.807) is 18.0 Å². The summed E-state index contributed by atoms with van der Waals surface area (Å²) in [4.78, 5) is 8.12. The van der Waals surface area contributed by atoms with Crippen molar-refractivity contribution < 1.29 is 0 Å². The highest BCUT2D eigenvalue weighted by Crippen LogP contribution is 2.36. The highest BCUT2D eigenvalue weighted by molar-refractivity contribution is 6.30. The van der Waals surface area contributed by atoms with E-state index in [0.29, 0.717) is 29.7 Å². The Labute approximate surface area is 134 Å². The van der Waals surface area contributed by atoms with Crippen molar-refractivity contribution in [2.75, 3.05) is 16.3 Å². The zero-order valence-electron chi connectivity index (χ0n) is 12.2. The van der Waals surface area contributed by atoms with Crippen LogP contribution in [0.15, 0.2) is 42.6 Å². The first-order valence-electron chi connectivity index (χ1n) is 6.99. The molecule has 5 nitrogen and oxygen atoms in total. The highest BCUT2D eigenvalue weighted by Gasteiger charge is 2.26. The standard InChI is InChI=1S/C16H16ClN5/c1-11(18)22-14-5-3-2-4-13(14)21(9-8-15(22)19)16-7-6-12(17)10-20-16/h2-7,10,18-19H,8-9H2,1H3. The number of nitrogens with zero attached hydrogens (tertiary/aromatic N) is 3. The topological polar surface area (TPSA) is 67.1 Å². The summed E-state index contributed by atoms with van der Waals surface area (Å²) in [6.07, 6.45) is 2.16. The number of anilines is 3. The molecule has 1 aromatic heterocycles. The zero-order chi connectivity index (χ0) is 15.7. The summed E-state index contributed by atoms with van der Waals surface area (Å²) in [5.74, 6) is 1.54. The minimum absolute atomic E-state index is 0.336. The van der Waals surface area contributed by atoms with Gasteiger partial charge in [-0.3, -0.25) is 15.7 Å². The van der Waals surface area contributed by atoms with Crippen molar-refractivity contribution in [2.45, 2.75) is 13.3 Å². The Morgan fingerprint density at radius 2 is 1.91 bits per heavy atom. The van der Waals surface area contributed by atoms with E-state index in [4.69, 9.17) is 22.4 Å². The average Bonchev–Trinajstić information content (AvgIpc) is 2.64. The summed E-state index contributed by atoms with van der Waals surface area (Å²) >= 11 is 5.92. The fourth-order valence-corrected chi connectivity index (χ4v) is 2.74. The number of hydrogen-bond acceptors (Lipinski definition) is 4. The molecule has 0 amide bonds. The molecule has 22 heavy (non-hydrogen) atoms. The van der Waals surface area contributed by atoms with E-state index >= 15 is 0 Å². The molecule has 2 N–H and O–H groups in total. The number of nitrogens with one attached hydrogen (secondary N) is 2. The number of hydrogen-bond donors (Lipinski definition) is 2. The van der Waals surface area contributed by atoms with Gasteiger partial charge in [0.25, 0.3) is 0 Å². The van der Waals surface area contributed by atoms with Gasteiger partial charge in [-0.05, 0) is 31.2 Å². The lowest BCUT2D eigenvalue weighted by atomic mass is 10.2. The van der Waals surface area contributed by atoms with Crippen LogP contribution < -0.4 is 9.80 Å². The number of rotatable bonds is 1. The lowest BCUT2D eigenvalue weighted by molar-refractivity contribution is 0.946. The normalized spacial score (nSPS) is 14.5. The number of benzene rings is 1. The number of pyridine rings is 1. The minimum atomic E-state index is 0.336. The predicted octanol–water partition coefficient (Wildman–Crippen LogP) is 4.06. The van der Waals surface area contributed by atoms with Gasteiger partial charge in [0.15, 0.2) is 0 Å². The van der Waals surface area contributed by atoms with Gasteiger partial charge in [-0.25, -0.2) is 4.98 Å². The molecule has 1 aliphatic heterocycles. The lowest BCUT2D eigenvalue weighted by Crippen LogP contribution is -2.33. The minimum Gasteiger partial charge on any atom is -0.324 e. The van der Waals surface area contributed by atoms with E-state index in [2.05, 4.69) is 9.88 Å². The second kappa shape index (κ2) is 5.77. The lowest BCUT2D eigenvalue weighted by Gasteiger charge is -2.26. The summed E-state index contributed by atoms with van der Waals surface area (Å²) in [5.41, 5.74) is 1.76. The molecule has 0 saturated carbocycles. The first-order chi connectivity index (χ1) is 10.6. The number of aromatic nitrogens is 1. The average molecular weight is 314 g/mol. The molecule has 1 aromatic carbocycles. The van der Waals surface area contributed by atoms with Crippen LogP contribution in [0.4, 0.5) is 17.2 Å². The molecular formula is C16H16ClN5. The van der Waals surface area contributed by atoms with Crippen LogP contribution in [0.2, 0.25) is 5.02 Å². The molecule has 6 heteroatoms. The van der Waals surface area contributed by atoms with Crippen molar-refractivity contribution in [3.63, 3.8) is 0 Å². The molecule has 2 heterocycles. The fourth-order valence-electron chi connectivity index (χ4n) is 2.63. The monoisotopic (exact) mass is 313 g/mol. The molecule has 2 aromatic rings. The van der Waals surface area contributed by atoms with Gasteiger partial charge in [-0.15, -0.1) is 0 Å². The van der Waals surface area contributed by atoms with Crippen molar-refractivity contribution in [1.29, 1.82) is 10.8 Å². The number of para-hydroxylation sites is 2. The molecule has 0 unspecified atom stereocenters. The first kappa shape index (κ1) is 14.5. The molecule has 3 rings (SSSR count). The molecule has 0 radical (unpaired) electrons. The summed E-state index contributed by atoms with van der Waals surface area (Å²) in [6, 6.07) is 11.5. The van der Waals surface area contributed by atoms with Gasteiger partial charge >= 0.3 is 0 Å². The van der Waals surface area contributed by atoms with E-state index in [-0.39, 0.29) is 0 Å². The number of fused-ring (bicyclic) bond motifs is 1. The Morgan fingerprint density at radius 1 is 1.18 bits per heavy atom. The molecule has 1 aliphatic rings. The summed E-state index contributed by atoms with van der Waals surface area (Å²) in [5, 5.41) is 16.8. The zero-order valence-corrected chi connectivity index (χ0v) is 12.9. The Morgan fingerprint density at radius 3 is 2.55 bits per heavy atom. The Hall–Kier alpha value is -2.40. The van der Waals surface area contributed by atoms with Gasteiger partial charge < -0.3 is 4.90 Å². The van der Waals surface area contributed by atoms with Gasteiger partial charge in [-0.1, -0.05) is 23.7 Å². The smallest absolute Gasteiger partial charge is 0.133 e. The molecule has 0 bridgehead atoms. The van der Waals surface area contributed by atoms with Crippen LogP contribution in [0.25, 0.3) is 0 Å². The highest BCUT2D eigenvalue weighted by atomic mass is 35.5. The summed E-state index contributed by atoms with van der Waals surface area (Å²) in [6.45, 7) is 2.33. The van der Waals surface area contributed by atoms with E-state index in [1.165, 1.54) is 0 Å². The molecule has 0 aliphatic carbocycles. The maximum atomic E-state index is 8.25. The SMILES string of the molecule is CC(=N)N1C(=N)CCN(c2ccc(Cl)cn2)c2ccccc21. The second-order valence-electron chi connectivity index (χ2n) is 5.09. The molecule has 0 atom stereocenters. The van der Waals surface area contributed by atoms with Crippen LogP contribution in [0.5, 0.6) is 0 Å². The summed E-state index contributed by atoms with van der Waals surface area (Å²) < 4.78 is 0. The van der Waals surface area contributed by atoms with Gasteiger partial charge in [0.1, 0.15) is 17.5 Å². The van der Waals surface area contributed by atoms with E-state index in [0.717, 1.165) is 17.2 Å². The Balaban J connectivity index is 2.13. The van der Waals surface area contributed by atoms with Gasteiger partial charge in [0.2, 0.25) is 0 Å². The van der Waals surface area contributed by atoms with E-state index < -0.39 is 0 Å². The van der Waals surface area contributed by atoms with Crippen LogP contribution in [0.1, 0.15) is 13.3 Å². The van der Waals surface area contributed by atoms with Crippen LogP contribution >= 0.6 is 11.6 Å². The second-order valence-corrected chi connectivity index (χ2v) is 5.53. The number of amidine groups is 2. The van der Waals surface area contributed by atoms with Crippen molar-refractivity contribution >= 4 is 40.5 Å². The molecule has 0 fully saturated rings. The van der Waals surface area contributed by atoms with Crippen molar-refractivity contribution in [3.05, 3.63) is 47.6 Å². The van der Waals surface area contributed by atoms with Crippen molar-refractivity contribution in [2.24, 2.45) is 0 Å². The van der Waals surface area contributed by atoms with Crippen LogP contribution in [0.3, 0.4) is 0 Å². The third kappa shape index (κ3) is 2.55. The fraction of sp³-hybridized carbons (Fsp3) is 0.188. The van der Waals surface area contributed by atoms with Crippen LogP contribution in [0, 0.1) is 10.8 Å². The third-order valence-electron chi connectivity index (χ3n) is 3.58. The first-order valence-corrected chi connectivity index (χ1v) is 7.36. The van der Waals surface area contributed by atoms with Crippen LogP contribution in [-0.2, 0) is 0 Å². The maximum absolute atomic E-state index is 8.25. The summed E-state index contributed by atoms with van der Waals surface area (Å²) in [7, 11) is 0. The van der Waals surface area contributed by atoms with Crippen molar-refractivity contribution in [3.8, 4) is 0 Å². The molecular weight excluding hydrogens is 298 g/mol. The van der Waals surface area contributed by atoms with Gasteiger partial charge in [0, 0.05) is 19.2 Å².